The van der Waals surface area contributed by atoms with Crippen molar-refractivity contribution in [2.75, 3.05) is 11.9 Å². The Bertz CT molecular complexity index is 1420. The van der Waals surface area contributed by atoms with Crippen LogP contribution in [0.1, 0.15) is 18.1 Å². The Balaban J connectivity index is 1.44. The van der Waals surface area contributed by atoms with Crippen molar-refractivity contribution in [2.45, 2.75) is 13.5 Å². The maximum Gasteiger partial charge on any atom is 0.338 e. The summed E-state index contributed by atoms with van der Waals surface area (Å²) >= 11 is 18.2. The van der Waals surface area contributed by atoms with E-state index in [4.69, 9.17) is 44.9 Å². The minimum atomic E-state index is -0.678. The first-order valence-electron chi connectivity index (χ1n) is 11.2. The maximum atomic E-state index is 13.1. The Kier molecular flexibility index (Phi) is 9.11. The molecule has 0 radical (unpaired) electrons. The van der Waals surface area contributed by atoms with E-state index in [0.717, 1.165) is 22.3 Å². The molecule has 4 rings (SSSR count). The monoisotopic (exact) mass is 591 g/mol. The summed E-state index contributed by atoms with van der Waals surface area (Å²) in [5.41, 5.74) is 4.30. The minimum Gasteiger partial charge on any atom is -0.490 e. The molecule has 3 aromatic carbocycles. The number of hydrogen-bond donors (Lipinski definition) is 2. The van der Waals surface area contributed by atoms with Gasteiger partial charge in [-0.25, -0.2) is 14.6 Å². The number of hydrazine groups is 1. The molecule has 0 saturated carbocycles. The summed E-state index contributed by atoms with van der Waals surface area (Å²) in [6.07, 6.45) is 1.64. The first-order valence-corrected chi connectivity index (χ1v) is 13.2. The Morgan fingerprint density at radius 2 is 1.82 bits per heavy atom. The molecule has 1 aliphatic rings. The van der Waals surface area contributed by atoms with Gasteiger partial charge in [0.25, 0.3) is 5.91 Å². The standard InChI is InChI=1S/C26H20Cl2FN3O4S2/c1-2-35-22-11-16(5-10-21(22)36-14-15-3-6-17(29)7-4-15)12-23-24(33)32(26(37)38-23)31-25(34)30-18-8-9-19(27)20(28)13-18/h3-13H,2,14H2,1H3,(H2,30,31,34)/b23-12-. The molecule has 0 unspecified atom stereocenters. The second-order valence-corrected chi connectivity index (χ2v) is 10.3. The SMILES string of the molecule is CCOc1cc(/C=C2\SC(=S)N(NC(=O)Nc3ccc(Cl)c(Cl)c3)C2=O)ccc1OCc1ccc(F)cc1. The van der Waals surface area contributed by atoms with Crippen LogP contribution in [0.3, 0.4) is 0 Å². The van der Waals surface area contributed by atoms with Crippen LogP contribution in [0.4, 0.5) is 14.9 Å². The summed E-state index contributed by atoms with van der Waals surface area (Å²) in [7, 11) is 0. The molecule has 0 atom stereocenters. The van der Waals surface area contributed by atoms with E-state index in [-0.39, 0.29) is 21.8 Å². The number of thioether (sulfide) groups is 1. The minimum absolute atomic E-state index is 0.162. The normalized spacial score (nSPS) is 14.1. The van der Waals surface area contributed by atoms with E-state index in [1.54, 1.807) is 42.5 Å². The van der Waals surface area contributed by atoms with E-state index in [2.05, 4.69) is 10.7 Å². The van der Waals surface area contributed by atoms with Gasteiger partial charge in [0, 0.05) is 5.69 Å². The molecule has 1 aliphatic heterocycles. The lowest BCUT2D eigenvalue weighted by atomic mass is 10.1. The summed E-state index contributed by atoms with van der Waals surface area (Å²) in [4.78, 5) is 25.7. The van der Waals surface area contributed by atoms with Gasteiger partial charge in [0.15, 0.2) is 15.8 Å². The first-order chi connectivity index (χ1) is 18.2. The molecule has 0 aliphatic carbocycles. The summed E-state index contributed by atoms with van der Waals surface area (Å²) in [5, 5.41) is 4.18. The van der Waals surface area contributed by atoms with Gasteiger partial charge < -0.3 is 14.8 Å². The molecule has 7 nitrogen and oxygen atoms in total. The molecule has 1 saturated heterocycles. The number of carbonyl (C=O) groups is 2. The van der Waals surface area contributed by atoms with Crippen molar-refractivity contribution in [3.63, 3.8) is 0 Å². The third kappa shape index (κ3) is 6.96. The van der Waals surface area contributed by atoms with E-state index in [1.807, 2.05) is 6.92 Å². The highest BCUT2D eigenvalue weighted by atomic mass is 35.5. The highest BCUT2D eigenvalue weighted by Crippen LogP contribution is 2.34. The van der Waals surface area contributed by atoms with Gasteiger partial charge in [-0.15, -0.1) is 0 Å². The molecular formula is C26H20Cl2FN3O4S2. The number of nitrogens with zero attached hydrogens (tertiary/aromatic N) is 1. The number of carbonyl (C=O) groups excluding carboxylic acids is 2. The number of ether oxygens (including phenoxy) is 2. The molecule has 3 aromatic rings. The fourth-order valence-electron chi connectivity index (χ4n) is 3.29. The summed E-state index contributed by atoms with van der Waals surface area (Å²) in [6.45, 7) is 2.47. The highest BCUT2D eigenvalue weighted by molar-refractivity contribution is 8.26. The van der Waals surface area contributed by atoms with Crippen LogP contribution in [-0.4, -0.2) is 27.9 Å². The van der Waals surface area contributed by atoms with Crippen molar-refractivity contribution in [2.24, 2.45) is 0 Å². The maximum absolute atomic E-state index is 13.1. The van der Waals surface area contributed by atoms with Gasteiger partial charge >= 0.3 is 6.03 Å². The predicted molar refractivity (Wildman–Crippen MR) is 152 cm³/mol. The van der Waals surface area contributed by atoms with Crippen LogP contribution in [0, 0.1) is 5.82 Å². The van der Waals surface area contributed by atoms with Crippen molar-refractivity contribution >= 4 is 75.2 Å². The number of thiocarbonyl (C=S) groups is 1. The summed E-state index contributed by atoms with van der Waals surface area (Å²) in [6, 6.07) is 15.2. The average molecular weight is 593 g/mol. The molecule has 0 aromatic heterocycles. The van der Waals surface area contributed by atoms with E-state index < -0.39 is 11.9 Å². The zero-order valence-electron chi connectivity index (χ0n) is 19.8. The summed E-state index contributed by atoms with van der Waals surface area (Å²) < 4.78 is 24.9. The van der Waals surface area contributed by atoms with E-state index in [0.29, 0.717) is 39.3 Å². The van der Waals surface area contributed by atoms with Gasteiger partial charge in [-0.1, -0.05) is 53.2 Å². The largest absolute Gasteiger partial charge is 0.490 e. The van der Waals surface area contributed by atoms with Gasteiger partial charge in [0.1, 0.15) is 12.4 Å². The first kappa shape index (κ1) is 27.7. The lowest BCUT2D eigenvalue weighted by molar-refractivity contribution is -0.123. The quantitative estimate of drug-likeness (QED) is 0.216. The Morgan fingerprint density at radius 3 is 2.53 bits per heavy atom. The molecule has 1 heterocycles. The van der Waals surface area contributed by atoms with Gasteiger partial charge in [-0.3, -0.25) is 4.79 Å². The van der Waals surface area contributed by atoms with Crippen molar-refractivity contribution in [1.82, 2.24) is 10.4 Å². The van der Waals surface area contributed by atoms with Gasteiger partial charge in [-0.05, 0) is 78.8 Å². The van der Waals surface area contributed by atoms with Crippen molar-refractivity contribution in [3.8, 4) is 11.5 Å². The zero-order chi connectivity index (χ0) is 27.2. The fourth-order valence-corrected chi connectivity index (χ4v) is 4.77. The average Bonchev–Trinajstić information content (AvgIpc) is 3.14. The van der Waals surface area contributed by atoms with E-state index in [9.17, 15) is 14.0 Å². The lowest BCUT2D eigenvalue weighted by Crippen LogP contribution is -2.46. The third-order valence-electron chi connectivity index (χ3n) is 5.06. The molecule has 3 amide bonds. The molecule has 12 heteroatoms. The molecule has 0 spiro atoms. The third-order valence-corrected chi connectivity index (χ3v) is 7.10. The number of urea groups is 1. The van der Waals surface area contributed by atoms with Crippen LogP contribution in [0.25, 0.3) is 6.08 Å². The van der Waals surface area contributed by atoms with Gasteiger partial charge in [-0.2, -0.15) is 5.01 Å². The van der Waals surface area contributed by atoms with Crippen LogP contribution >= 0.6 is 47.2 Å². The van der Waals surface area contributed by atoms with Gasteiger partial charge in [0.05, 0.1) is 21.6 Å². The molecule has 1 fully saturated rings. The number of hydrogen-bond acceptors (Lipinski definition) is 6. The van der Waals surface area contributed by atoms with Crippen molar-refractivity contribution in [1.29, 1.82) is 0 Å². The number of rotatable bonds is 8. The van der Waals surface area contributed by atoms with Crippen LogP contribution in [-0.2, 0) is 11.4 Å². The fraction of sp³-hybridized carbons (Fsp3) is 0.115. The highest BCUT2D eigenvalue weighted by Gasteiger charge is 2.33. The van der Waals surface area contributed by atoms with Crippen LogP contribution in [0.2, 0.25) is 10.0 Å². The van der Waals surface area contributed by atoms with Crippen molar-refractivity contribution in [3.05, 3.63) is 92.6 Å². The smallest absolute Gasteiger partial charge is 0.338 e. The van der Waals surface area contributed by atoms with Crippen LogP contribution in [0.5, 0.6) is 11.5 Å². The molecule has 38 heavy (non-hydrogen) atoms. The topological polar surface area (TPSA) is 79.9 Å². The number of anilines is 1. The number of benzene rings is 3. The molecule has 196 valence electrons. The Labute approximate surface area is 237 Å². The zero-order valence-corrected chi connectivity index (χ0v) is 22.9. The lowest BCUT2D eigenvalue weighted by Gasteiger charge is -2.16. The molecule has 2 N–H and O–H groups in total. The van der Waals surface area contributed by atoms with E-state index in [1.165, 1.54) is 24.3 Å². The predicted octanol–water partition coefficient (Wildman–Crippen LogP) is 7.05. The van der Waals surface area contributed by atoms with Crippen LogP contribution < -0.4 is 20.2 Å². The van der Waals surface area contributed by atoms with E-state index >= 15 is 0 Å². The second-order valence-electron chi connectivity index (χ2n) is 7.77. The molecular weight excluding hydrogens is 572 g/mol. The Morgan fingerprint density at radius 1 is 1.05 bits per heavy atom. The number of halogens is 3. The Hall–Kier alpha value is -3.31. The number of nitrogens with one attached hydrogen (secondary N) is 2. The van der Waals surface area contributed by atoms with Gasteiger partial charge in [0.2, 0.25) is 0 Å². The second kappa shape index (κ2) is 12.5. The number of amides is 3. The molecule has 0 bridgehead atoms. The van der Waals surface area contributed by atoms with Crippen LogP contribution in [0.15, 0.2) is 65.6 Å². The van der Waals surface area contributed by atoms with Crippen molar-refractivity contribution < 1.29 is 23.5 Å². The summed E-state index contributed by atoms with van der Waals surface area (Å²) in [5.74, 6) is 0.180.